The van der Waals surface area contributed by atoms with Gasteiger partial charge < -0.3 is 9.84 Å². The highest BCUT2D eigenvalue weighted by Crippen LogP contribution is 2.14. The molecule has 0 aromatic carbocycles. The second-order valence-electron chi connectivity index (χ2n) is 3.30. The van der Waals surface area contributed by atoms with Crippen LogP contribution in [-0.4, -0.2) is 26.6 Å². The number of rotatable bonds is 3. The molecule has 5 nitrogen and oxygen atoms in total. The SMILES string of the molecule is C#CC(C)(C)Oc1cncc(C(=O)O)n1. The van der Waals surface area contributed by atoms with Gasteiger partial charge in [0.05, 0.1) is 12.4 Å². The number of carbonyl (C=O) groups is 1. The van der Waals surface area contributed by atoms with Crippen molar-refractivity contribution < 1.29 is 14.6 Å². The number of ether oxygens (including phenoxy) is 1. The molecule has 0 bridgehead atoms. The molecule has 0 fully saturated rings. The van der Waals surface area contributed by atoms with Gasteiger partial charge in [-0.3, -0.25) is 4.98 Å². The zero-order valence-corrected chi connectivity index (χ0v) is 8.39. The minimum atomic E-state index is -1.16. The van der Waals surface area contributed by atoms with Gasteiger partial charge in [-0.05, 0) is 13.8 Å². The van der Waals surface area contributed by atoms with Gasteiger partial charge in [0, 0.05) is 0 Å². The number of hydrogen-bond acceptors (Lipinski definition) is 4. The van der Waals surface area contributed by atoms with Gasteiger partial charge >= 0.3 is 5.97 Å². The molecular weight excluding hydrogens is 196 g/mol. The van der Waals surface area contributed by atoms with Crippen molar-refractivity contribution in [1.29, 1.82) is 0 Å². The van der Waals surface area contributed by atoms with E-state index in [1.54, 1.807) is 13.8 Å². The number of aromatic carboxylic acids is 1. The third-order valence-corrected chi connectivity index (χ3v) is 1.54. The third kappa shape index (κ3) is 2.95. The second kappa shape index (κ2) is 3.96. The molecule has 1 N–H and O–H groups in total. The second-order valence-corrected chi connectivity index (χ2v) is 3.30. The number of carboxylic acids is 1. The number of terminal acetylenes is 1. The zero-order chi connectivity index (χ0) is 11.5. The molecule has 1 aromatic rings. The van der Waals surface area contributed by atoms with Crippen LogP contribution in [0.15, 0.2) is 12.4 Å². The summed E-state index contributed by atoms with van der Waals surface area (Å²) < 4.78 is 5.27. The van der Waals surface area contributed by atoms with Gasteiger partial charge in [0.2, 0.25) is 5.88 Å². The fourth-order valence-corrected chi connectivity index (χ4v) is 0.791. The Hall–Kier alpha value is -2.09. The first kappa shape index (κ1) is 11.0. The first-order chi connectivity index (χ1) is 6.94. The maximum atomic E-state index is 10.6. The normalized spacial score (nSPS) is 10.5. The van der Waals surface area contributed by atoms with Crippen molar-refractivity contribution in [2.45, 2.75) is 19.4 Å². The van der Waals surface area contributed by atoms with Crippen molar-refractivity contribution in [1.82, 2.24) is 9.97 Å². The maximum Gasteiger partial charge on any atom is 0.356 e. The van der Waals surface area contributed by atoms with E-state index in [4.69, 9.17) is 16.3 Å². The van der Waals surface area contributed by atoms with Gasteiger partial charge in [-0.1, -0.05) is 5.92 Å². The lowest BCUT2D eigenvalue weighted by atomic mass is 10.1. The quantitative estimate of drug-likeness (QED) is 0.746. The lowest BCUT2D eigenvalue weighted by molar-refractivity contribution is 0.0686. The van der Waals surface area contributed by atoms with Crippen molar-refractivity contribution >= 4 is 5.97 Å². The van der Waals surface area contributed by atoms with Crippen molar-refractivity contribution in [2.24, 2.45) is 0 Å². The van der Waals surface area contributed by atoms with E-state index in [1.807, 2.05) is 0 Å². The Morgan fingerprint density at radius 3 is 2.80 bits per heavy atom. The maximum absolute atomic E-state index is 10.6. The van der Waals surface area contributed by atoms with Crippen LogP contribution in [0.4, 0.5) is 0 Å². The standard InChI is InChI=1S/C10H10N2O3/c1-4-10(2,3)15-8-6-11-5-7(12-8)9(13)14/h1,5-6H,2-3H3,(H,13,14). The first-order valence-electron chi connectivity index (χ1n) is 4.17. The van der Waals surface area contributed by atoms with Crippen LogP contribution >= 0.6 is 0 Å². The van der Waals surface area contributed by atoms with E-state index in [0.29, 0.717) is 0 Å². The Bertz CT molecular complexity index is 421. The van der Waals surface area contributed by atoms with Crippen LogP contribution < -0.4 is 4.74 Å². The van der Waals surface area contributed by atoms with Crippen LogP contribution in [-0.2, 0) is 0 Å². The van der Waals surface area contributed by atoms with Crippen molar-refractivity contribution in [3.05, 3.63) is 18.1 Å². The fourth-order valence-electron chi connectivity index (χ4n) is 0.791. The molecule has 0 saturated heterocycles. The van der Waals surface area contributed by atoms with Gasteiger partial charge in [-0.25, -0.2) is 9.78 Å². The van der Waals surface area contributed by atoms with Gasteiger partial charge in [-0.2, -0.15) is 0 Å². The summed E-state index contributed by atoms with van der Waals surface area (Å²) in [5.41, 5.74) is -1.02. The summed E-state index contributed by atoms with van der Waals surface area (Å²) in [5, 5.41) is 8.67. The molecular formula is C10H10N2O3. The molecule has 0 atom stereocenters. The van der Waals surface area contributed by atoms with Crippen molar-refractivity contribution in [2.75, 3.05) is 0 Å². The van der Waals surface area contributed by atoms with Gasteiger partial charge in [0.25, 0.3) is 0 Å². The van der Waals surface area contributed by atoms with E-state index in [0.717, 1.165) is 6.20 Å². The Balaban J connectivity index is 2.93. The highest BCUT2D eigenvalue weighted by molar-refractivity contribution is 5.84. The summed E-state index contributed by atoms with van der Waals surface area (Å²) in [6, 6.07) is 0. The third-order valence-electron chi connectivity index (χ3n) is 1.54. The van der Waals surface area contributed by atoms with Gasteiger partial charge in [0.1, 0.15) is 0 Å². The lowest BCUT2D eigenvalue weighted by Crippen LogP contribution is -2.26. The van der Waals surface area contributed by atoms with E-state index < -0.39 is 11.6 Å². The molecule has 15 heavy (non-hydrogen) atoms. The van der Waals surface area contributed by atoms with Gasteiger partial charge in [-0.15, -0.1) is 6.42 Å². The summed E-state index contributed by atoms with van der Waals surface area (Å²) in [7, 11) is 0. The summed E-state index contributed by atoms with van der Waals surface area (Å²) in [4.78, 5) is 18.0. The Labute approximate surface area is 87.1 Å². The number of aromatic nitrogens is 2. The Morgan fingerprint density at radius 2 is 2.27 bits per heavy atom. The average Bonchev–Trinajstić information content (AvgIpc) is 2.17. The Kier molecular flexibility index (Phi) is 2.90. The molecule has 0 amide bonds. The summed E-state index contributed by atoms with van der Waals surface area (Å²) in [6.07, 6.45) is 7.66. The van der Waals surface area contributed by atoms with Crippen molar-refractivity contribution in [3.8, 4) is 18.2 Å². The van der Waals surface area contributed by atoms with Gasteiger partial charge in [0.15, 0.2) is 11.3 Å². The first-order valence-corrected chi connectivity index (χ1v) is 4.17. The average molecular weight is 206 g/mol. The minimum Gasteiger partial charge on any atom is -0.476 e. The van der Waals surface area contributed by atoms with Crippen molar-refractivity contribution in [3.63, 3.8) is 0 Å². The highest BCUT2D eigenvalue weighted by Gasteiger charge is 2.17. The summed E-state index contributed by atoms with van der Waals surface area (Å²) in [5.74, 6) is 1.34. The van der Waals surface area contributed by atoms with E-state index in [2.05, 4.69) is 15.9 Å². The molecule has 1 rings (SSSR count). The van der Waals surface area contributed by atoms with Crippen LogP contribution in [0.2, 0.25) is 0 Å². The summed E-state index contributed by atoms with van der Waals surface area (Å²) in [6.45, 7) is 3.34. The molecule has 78 valence electrons. The molecule has 1 aromatic heterocycles. The lowest BCUT2D eigenvalue weighted by Gasteiger charge is -2.18. The molecule has 0 radical (unpaired) electrons. The highest BCUT2D eigenvalue weighted by atomic mass is 16.5. The van der Waals surface area contributed by atoms with Crippen LogP contribution in [0.3, 0.4) is 0 Å². The molecule has 0 unspecified atom stereocenters. The molecule has 0 aliphatic carbocycles. The predicted molar refractivity (Wildman–Crippen MR) is 52.5 cm³/mol. The van der Waals surface area contributed by atoms with Crippen LogP contribution in [0.1, 0.15) is 24.3 Å². The number of hydrogen-bond donors (Lipinski definition) is 1. The molecule has 5 heteroatoms. The molecule has 0 aliphatic heterocycles. The minimum absolute atomic E-state index is 0.0952. The Morgan fingerprint density at radius 1 is 1.60 bits per heavy atom. The molecule has 0 aliphatic rings. The molecule has 0 spiro atoms. The number of nitrogens with zero attached hydrogens (tertiary/aromatic N) is 2. The zero-order valence-electron chi connectivity index (χ0n) is 8.39. The smallest absolute Gasteiger partial charge is 0.356 e. The van der Waals surface area contributed by atoms with E-state index in [-0.39, 0.29) is 11.6 Å². The fraction of sp³-hybridized carbons (Fsp3) is 0.300. The largest absolute Gasteiger partial charge is 0.476 e. The van der Waals surface area contributed by atoms with E-state index in [1.165, 1.54) is 6.20 Å². The van der Waals surface area contributed by atoms with E-state index in [9.17, 15) is 4.79 Å². The monoisotopic (exact) mass is 206 g/mol. The topological polar surface area (TPSA) is 72.3 Å². The van der Waals surface area contributed by atoms with Crippen LogP contribution in [0.25, 0.3) is 0 Å². The van der Waals surface area contributed by atoms with E-state index >= 15 is 0 Å². The number of carboxylic acid groups (broad SMARTS) is 1. The molecule has 0 saturated carbocycles. The van der Waals surface area contributed by atoms with Crippen LogP contribution in [0.5, 0.6) is 5.88 Å². The predicted octanol–water partition coefficient (Wildman–Crippen LogP) is 0.965. The summed E-state index contributed by atoms with van der Waals surface area (Å²) >= 11 is 0. The molecule has 1 heterocycles. The van der Waals surface area contributed by atoms with Crippen LogP contribution in [0, 0.1) is 12.3 Å².